The van der Waals surface area contributed by atoms with E-state index in [1.807, 2.05) is 30.3 Å². The maximum absolute atomic E-state index is 11.2. The molecule has 19 heavy (non-hydrogen) atoms. The predicted molar refractivity (Wildman–Crippen MR) is 74.4 cm³/mol. The summed E-state index contributed by atoms with van der Waals surface area (Å²) in [4.78, 5) is 0.0926. The molecule has 0 N–H and O–H groups in total. The Labute approximate surface area is 117 Å². The smallest absolute Gasteiger partial charge is 0.261 e. The number of halogens is 1. The van der Waals surface area contributed by atoms with E-state index in [0.29, 0.717) is 13.2 Å². The van der Waals surface area contributed by atoms with E-state index in [9.17, 15) is 8.42 Å². The fraction of sp³-hybridized carbons (Fsp3) is 0.143. The van der Waals surface area contributed by atoms with E-state index in [4.69, 9.17) is 15.4 Å². The standard InChI is InChI=1S/C14H13ClO3S/c15-19(16,17)14-8-4-7-13(9-14)11-18-10-12-5-2-1-3-6-12/h1-9H,10-11H2. The number of hydrogen-bond acceptors (Lipinski definition) is 3. The van der Waals surface area contributed by atoms with Crippen LogP contribution < -0.4 is 0 Å². The van der Waals surface area contributed by atoms with E-state index in [-0.39, 0.29) is 4.90 Å². The molecule has 5 heteroatoms. The van der Waals surface area contributed by atoms with E-state index < -0.39 is 9.05 Å². The maximum atomic E-state index is 11.2. The molecule has 0 saturated carbocycles. The largest absolute Gasteiger partial charge is 0.372 e. The van der Waals surface area contributed by atoms with Gasteiger partial charge in [-0.25, -0.2) is 8.42 Å². The molecule has 0 aliphatic heterocycles. The third kappa shape index (κ3) is 4.35. The summed E-state index contributed by atoms with van der Waals surface area (Å²) < 4.78 is 27.9. The van der Waals surface area contributed by atoms with Crippen LogP contribution in [-0.2, 0) is 27.0 Å². The van der Waals surface area contributed by atoms with Crippen molar-refractivity contribution in [2.75, 3.05) is 0 Å². The van der Waals surface area contributed by atoms with Crippen molar-refractivity contribution in [3.8, 4) is 0 Å². The van der Waals surface area contributed by atoms with Crippen molar-refractivity contribution in [3.63, 3.8) is 0 Å². The molecule has 100 valence electrons. The van der Waals surface area contributed by atoms with Crippen LogP contribution in [0.4, 0.5) is 0 Å². The summed E-state index contributed by atoms with van der Waals surface area (Å²) in [6, 6.07) is 16.2. The van der Waals surface area contributed by atoms with E-state index in [2.05, 4.69) is 0 Å². The minimum absolute atomic E-state index is 0.0926. The Balaban J connectivity index is 1.97. The Morgan fingerprint density at radius 3 is 2.21 bits per heavy atom. The summed E-state index contributed by atoms with van der Waals surface area (Å²) in [6.07, 6.45) is 0. The first-order valence-electron chi connectivity index (χ1n) is 5.71. The highest BCUT2D eigenvalue weighted by molar-refractivity contribution is 8.13. The SMILES string of the molecule is O=S(=O)(Cl)c1cccc(COCc2ccccc2)c1. The number of rotatable bonds is 5. The van der Waals surface area contributed by atoms with E-state index in [1.54, 1.807) is 12.1 Å². The quantitative estimate of drug-likeness (QED) is 0.795. The van der Waals surface area contributed by atoms with Crippen LogP contribution in [0.15, 0.2) is 59.5 Å². The normalized spacial score (nSPS) is 11.4. The van der Waals surface area contributed by atoms with Gasteiger partial charge in [-0.05, 0) is 23.3 Å². The molecule has 0 aliphatic rings. The average Bonchev–Trinajstić information content (AvgIpc) is 2.39. The molecule has 2 aromatic rings. The van der Waals surface area contributed by atoms with Crippen molar-refractivity contribution in [2.24, 2.45) is 0 Å². The lowest BCUT2D eigenvalue weighted by Crippen LogP contribution is -1.96. The highest BCUT2D eigenvalue weighted by Crippen LogP contribution is 2.17. The van der Waals surface area contributed by atoms with Gasteiger partial charge in [-0.2, -0.15) is 0 Å². The maximum Gasteiger partial charge on any atom is 0.261 e. The van der Waals surface area contributed by atoms with Gasteiger partial charge in [-0.15, -0.1) is 0 Å². The van der Waals surface area contributed by atoms with Crippen LogP contribution in [0.2, 0.25) is 0 Å². The van der Waals surface area contributed by atoms with Gasteiger partial charge in [-0.1, -0.05) is 42.5 Å². The van der Waals surface area contributed by atoms with Crippen molar-refractivity contribution >= 4 is 19.7 Å². The van der Waals surface area contributed by atoms with Crippen LogP contribution in [0, 0.1) is 0 Å². The first kappa shape index (κ1) is 14.1. The molecule has 0 atom stereocenters. The van der Waals surface area contributed by atoms with Crippen LogP contribution in [0.3, 0.4) is 0 Å². The number of ether oxygens (including phenoxy) is 1. The second kappa shape index (κ2) is 6.19. The van der Waals surface area contributed by atoms with Crippen molar-refractivity contribution in [1.82, 2.24) is 0 Å². The van der Waals surface area contributed by atoms with Crippen LogP contribution in [0.25, 0.3) is 0 Å². The zero-order chi connectivity index (χ0) is 13.7. The third-order valence-electron chi connectivity index (χ3n) is 2.56. The van der Waals surface area contributed by atoms with Gasteiger partial charge in [0.15, 0.2) is 0 Å². The fourth-order valence-electron chi connectivity index (χ4n) is 1.65. The van der Waals surface area contributed by atoms with Gasteiger partial charge in [-0.3, -0.25) is 0 Å². The number of benzene rings is 2. The Bertz CT molecular complexity index is 639. The molecule has 3 nitrogen and oxygen atoms in total. The summed E-state index contributed by atoms with van der Waals surface area (Å²) in [5, 5.41) is 0. The van der Waals surface area contributed by atoms with E-state index >= 15 is 0 Å². The van der Waals surface area contributed by atoms with Crippen LogP contribution in [-0.4, -0.2) is 8.42 Å². The lowest BCUT2D eigenvalue weighted by Gasteiger charge is -2.05. The molecule has 0 spiro atoms. The van der Waals surface area contributed by atoms with Gasteiger partial charge in [0.25, 0.3) is 9.05 Å². The molecule has 0 heterocycles. The molecule has 0 bridgehead atoms. The Morgan fingerprint density at radius 2 is 1.53 bits per heavy atom. The first-order valence-corrected chi connectivity index (χ1v) is 8.02. The van der Waals surface area contributed by atoms with Crippen molar-refractivity contribution < 1.29 is 13.2 Å². The average molecular weight is 297 g/mol. The molecule has 0 aromatic heterocycles. The molecule has 0 radical (unpaired) electrons. The van der Waals surface area contributed by atoms with Crippen molar-refractivity contribution in [3.05, 3.63) is 65.7 Å². The zero-order valence-corrected chi connectivity index (χ0v) is 11.7. The lowest BCUT2D eigenvalue weighted by molar-refractivity contribution is 0.107. The molecule has 2 aromatic carbocycles. The highest BCUT2D eigenvalue weighted by Gasteiger charge is 2.09. The van der Waals surface area contributed by atoms with Gasteiger partial charge in [0.2, 0.25) is 0 Å². The summed E-state index contributed by atoms with van der Waals surface area (Å²) >= 11 is 0. The fourth-order valence-corrected chi connectivity index (χ4v) is 2.47. The first-order chi connectivity index (χ1) is 9.05. The Hall–Kier alpha value is -1.36. The van der Waals surface area contributed by atoms with Crippen LogP contribution in [0.1, 0.15) is 11.1 Å². The van der Waals surface area contributed by atoms with Crippen molar-refractivity contribution in [1.29, 1.82) is 0 Å². The molecule has 0 unspecified atom stereocenters. The molecule has 0 aliphatic carbocycles. The van der Waals surface area contributed by atoms with Crippen LogP contribution >= 0.6 is 10.7 Å². The van der Waals surface area contributed by atoms with Gasteiger partial charge in [0, 0.05) is 10.7 Å². The summed E-state index contributed by atoms with van der Waals surface area (Å²) in [7, 11) is 1.61. The minimum Gasteiger partial charge on any atom is -0.372 e. The summed E-state index contributed by atoms with van der Waals surface area (Å²) in [6.45, 7) is 0.827. The summed E-state index contributed by atoms with van der Waals surface area (Å²) in [5.74, 6) is 0. The van der Waals surface area contributed by atoms with E-state index in [0.717, 1.165) is 11.1 Å². The topological polar surface area (TPSA) is 43.4 Å². The van der Waals surface area contributed by atoms with Crippen molar-refractivity contribution in [2.45, 2.75) is 18.1 Å². The lowest BCUT2D eigenvalue weighted by atomic mass is 10.2. The second-order valence-electron chi connectivity index (χ2n) is 4.06. The Morgan fingerprint density at radius 1 is 0.895 bits per heavy atom. The molecule has 0 fully saturated rings. The zero-order valence-electron chi connectivity index (χ0n) is 10.1. The monoisotopic (exact) mass is 296 g/mol. The second-order valence-corrected chi connectivity index (χ2v) is 6.63. The van der Waals surface area contributed by atoms with E-state index in [1.165, 1.54) is 12.1 Å². The molecule has 2 rings (SSSR count). The minimum atomic E-state index is -3.69. The molecular weight excluding hydrogens is 284 g/mol. The van der Waals surface area contributed by atoms with Gasteiger partial charge >= 0.3 is 0 Å². The Kier molecular flexibility index (Phi) is 4.58. The van der Waals surface area contributed by atoms with Gasteiger partial charge < -0.3 is 4.74 Å². The van der Waals surface area contributed by atoms with Gasteiger partial charge in [0.1, 0.15) is 0 Å². The van der Waals surface area contributed by atoms with Gasteiger partial charge in [0.05, 0.1) is 18.1 Å². The number of hydrogen-bond donors (Lipinski definition) is 0. The molecular formula is C14H13ClO3S. The molecule has 0 amide bonds. The van der Waals surface area contributed by atoms with Crippen LogP contribution in [0.5, 0.6) is 0 Å². The summed E-state index contributed by atoms with van der Waals surface area (Å²) in [5.41, 5.74) is 1.85. The predicted octanol–water partition coefficient (Wildman–Crippen LogP) is 3.33. The third-order valence-corrected chi connectivity index (χ3v) is 3.91. The molecule has 0 saturated heterocycles. The highest BCUT2D eigenvalue weighted by atomic mass is 35.7.